The molecule has 1 aromatic rings. The molecule has 1 aliphatic carbocycles. The van der Waals surface area contributed by atoms with E-state index in [-0.39, 0.29) is 0 Å². The number of aryl methyl sites for hydroxylation is 1. The number of halogens is 5. The summed E-state index contributed by atoms with van der Waals surface area (Å²) in [5, 5.41) is 0. The van der Waals surface area contributed by atoms with Crippen LogP contribution in [0.5, 0.6) is 0 Å². The number of alkyl halides is 3. The fourth-order valence-corrected chi connectivity index (χ4v) is 4.09. The van der Waals surface area contributed by atoms with Gasteiger partial charge >= 0.3 is 6.18 Å². The number of hydrogen-bond acceptors (Lipinski definition) is 0. The van der Waals surface area contributed by atoms with Crippen LogP contribution in [-0.4, -0.2) is 6.18 Å². The van der Waals surface area contributed by atoms with E-state index < -0.39 is 23.4 Å². The van der Waals surface area contributed by atoms with Crippen molar-refractivity contribution in [2.45, 2.75) is 83.7 Å². The van der Waals surface area contributed by atoms with Gasteiger partial charge in [-0.1, -0.05) is 57.1 Å². The van der Waals surface area contributed by atoms with Gasteiger partial charge in [0.2, 0.25) is 0 Å². The lowest BCUT2D eigenvalue weighted by Gasteiger charge is -2.26. The highest BCUT2D eigenvalue weighted by Crippen LogP contribution is 2.32. The molecule has 0 aromatic heterocycles. The summed E-state index contributed by atoms with van der Waals surface area (Å²) in [7, 11) is 0. The topological polar surface area (TPSA) is 0 Å². The van der Waals surface area contributed by atoms with Gasteiger partial charge in [0, 0.05) is 5.92 Å². The summed E-state index contributed by atoms with van der Waals surface area (Å²) < 4.78 is 64.2. The lowest BCUT2D eigenvalue weighted by Crippen LogP contribution is -2.13. The van der Waals surface area contributed by atoms with Crippen LogP contribution in [0.3, 0.4) is 0 Å². The van der Waals surface area contributed by atoms with Gasteiger partial charge in [-0.3, -0.25) is 0 Å². The molecule has 30 heavy (non-hydrogen) atoms. The minimum atomic E-state index is -4.78. The van der Waals surface area contributed by atoms with Crippen molar-refractivity contribution in [2.75, 3.05) is 0 Å². The third kappa shape index (κ3) is 8.90. The van der Waals surface area contributed by atoms with Crippen molar-refractivity contribution >= 4 is 0 Å². The second-order valence-electron chi connectivity index (χ2n) is 8.28. The predicted molar refractivity (Wildman–Crippen MR) is 111 cm³/mol. The molecule has 0 aliphatic heterocycles. The van der Waals surface area contributed by atoms with Crippen LogP contribution in [0.15, 0.2) is 24.3 Å². The lowest BCUT2D eigenvalue weighted by atomic mass is 9.79. The Morgan fingerprint density at radius 3 is 2.27 bits per heavy atom. The molecular weight excluding hydrogens is 395 g/mol. The van der Waals surface area contributed by atoms with Crippen molar-refractivity contribution in [1.29, 1.82) is 0 Å². The molecule has 0 bridgehead atoms. The summed E-state index contributed by atoms with van der Waals surface area (Å²) in [5.41, 5.74) is -0.416. The van der Waals surface area contributed by atoms with E-state index in [1.807, 2.05) is 0 Å². The molecule has 0 N–H and O–H groups in total. The van der Waals surface area contributed by atoms with Gasteiger partial charge in [-0.2, -0.15) is 13.2 Å². The standard InChI is InChI=1S/C25H31F5/c1-2-3-4-5-8-19-11-13-20(14-12-19)9-6-7-10-21-17-23(26)22(24(27)18-21)15-16-25(28,29)30/h6,9,17-20H,2-5,7-8,10-14H2,1H3. The summed E-state index contributed by atoms with van der Waals surface area (Å²) in [4.78, 5) is 0. The molecule has 2 rings (SSSR count). The molecule has 1 aromatic carbocycles. The Morgan fingerprint density at radius 1 is 1.00 bits per heavy atom. The average molecular weight is 427 g/mol. The van der Waals surface area contributed by atoms with Crippen molar-refractivity contribution in [3.63, 3.8) is 0 Å². The predicted octanol–water partition coefficient (Wildman–Crippen LogP) is 8.14. The maximum Gasteiger partial charge on any atom is 0.458 e. The van der Waals surface area contributed by atoms with Crippen LogP contribution in [-0.2, 0) is 6.42 Å². The highest BCUT2D eigenvalue weighted by Gasteiger charge is 2.23. The number of rotatable bonds is 9. The molecule has 0 heterocycles. The highest BCUT2D eigenvalue weighted by molar-refractivity contribution is 5.40. The van der Waals surface area contributed by atoms with Crippen LogP contribution in [0.4, 0.5) is 22.0 Å². The molecule has 0 nitrogen and oxygen atoms in total. The number of unbranched alkanes of at least 4 members (excludes halogenated alkanes) is 3. The number of benzene rings is 1. The first-order chi connectivity index (χ1) is 14.3. The molecule has 0 amide bonds. The van der Waals surface area contributed by atoms with Crippen LogP contribution in [0.2, 0.25) is 0 Å². The van der Waals surface area contributed by atoms with E-state index in [9.17, 15) is 22.0 Å². The van der Waals surface area contributed by atoms with Gasteiger partial charge in [0.05, 0.1) is 5.56 Å². The van der Waals surface area contributed by atoms with Crippen LogP contribution in [0.1, 0.15) is 82.3 Å². The zero-order chi connectivity index (χ0) is 22.0. The normalized spacial score (nSPS) is 19.7. The maximum atomic E-state index is 13.9. The summed E-state index contributed by atoms with van der Waals surface area (Å²) in [6.07, 6.45) is 12.1. The zero-order valence-electron chi connectivity index (χ0n) is 17.6. The molecule has 0 radical (unpaired) electrons. The Labute approximate surface area is 176 Å². The molecule has 0 spiro atoms. The highest BCUT2D eigenvalue weighted by atomic mass is 19.4. The molecule has 1 saturated carbocycles. The smallest absolute Gasteiger partial charge is 0.206 e. The zero-order valence-corrected chi connectivity index (χ0v) is 17.6. The summed E-state index contributed by atoms with van der Waals surface area (Å²) in [5.74, 6) is 1.78. The van der Waals surface area contributed by atoms with Crippen molar-refractivity contribution in [2.24, 2.45) is 11.8 Å². The largest absolute Gasteiger partial charge is 0.458 e. The SMILES string of the molecule is CCCCCCC1CCC(C=CCCc2cc(F)c(C#CC(F)(F)F)c(F)c2)CC1. The van der Waals surface area contributed by atoms with Crippen LogP contribution >= 0.6 is 0 Å². The van der Waals surface area contributed by atoms with Crippen LogP contribution < -0.4 is 0 Å². The Hall–Kier alpha value is -1.83. The van der Waals surface area contributed by atoms with Gasteiger partial charge in [-0.15, -0.1) is 0 Å². The molecule has 166 valence electrons. The van der Waals surface area contributed by atoms with Gasteiger partial charge in [0.15, 0.2) is 0 Å². The minimum Gasteiger partial charge on any atom is -0.206 e. The van der Waals surface area contributed by atoms with E-state index in [0.29, 0.717) is 24.3 Å². The van der Waals surface area contributed by atoms with Crippen molar-refractivity contribution < 1.29 is 22.0 Å². The summed E-state index contributed by atoms with van der Waals surface area (Å²) in [6, 6.07) is 2.14. The third-order valence-electron chi connectivity index (χ3n) is 5.80. The molecule has 5 heteroatoms. The maximum absolute atomic E-state index is 13.9. The first kappa shape index (κ1) is 24.4. The Balaban J connectivity index is 1.76. The first-order valence-corrected chi connectivity index (χ1v) is 11.0. The summed E-state index contributed by atoms with van der Waals surface area (Å²) >= 11 is 0. The van der Waals surface area contributed by atoms with Crippen LogP contribution in [0.25, 0.3) is 0 Å². The molecule has 1 aliphatic rings. The molecule has 0 atom stereocenters. The second kappa shape index (κ2) is 12.1. The Morgan fingerprint density at radius 2 is 1.67 bits per heavy atom. The monoisotopic (exact) mass is 426 g/mol. The quantitative estimate of drug-likeness (QED) is 0.162. The molecular formula is C25H31F5. The average Bonchev–Trinajstić information content (AvgIpc) is 2.68. The first-order valence-electron chi connectivity index (χ1n) is 11.0. The van der Waals surface area contributed by atoms with E-state index in [1.165, 1.54) is 57.8 Å². The fraction of sp³-hybridized carbons (Fsp3) is 0.600. The lowest BCUT2D eigenvalue weighted by molar-refractivity contribution is -0.0696. The van der Waals surface area contributed by atoms with E-state index in [2.05, 4.69) is 19.1 Å². The van der Waals surface area contributed by atoms with Gasteiger partial charge in [0.25, 0.3) is 0 Å². The van der Waals surface area contributed by atoms with Gasteiger partial charge in [-0.05, 0) is 68.1 Å². The van der Waals surface area contributed by atoms with Gasteiger partial charge < -0.3 is 0 Å². The third-order valence-corrected chi connectivity index (χ3v) is 5.80. The number of allylic oxidation sites excluding steroid dienone is 2. The van der Waals surface area contributed by atoms with E-state index in [4.69, 9.17) is 0 Å². The van der Waals surface area contributed by atoms with Gasteiger partial charge in [-0.25, -0.2) is 8.78 Å². The van der Waals surface area contributed by atoms with Crippen LogP contribution in [0, 0.1) is 35.3 Å². The number of hydrogen-bond donors (Lipinski definition) is 0. The second-order valence-corrected chi connectivity index (χ2v) is 8.28. The Bertz CT molecular complexity index is 720. The molecule has 0 saturated heterocycles. The van der Waals surface area contributed by atoms with Gasteiger partial charge in [0.1, 0.15) is 11.6 Å². The minimum absolute atomic E-state index is 0.419. The molecule has 1 fully saturated rings. The van der Waals surface area contributed by atoms with E-state index in [1.54, 1.807) is 5.92 Å². The Kier molecular flexibility index (Phi) is 9.88. The van der Waals surface area contributed by atoms with Crippen molar-refractivity contribution in [3.8, 4) is 11.8 Å². The van der Waals surface area contributed by atoms with Crippen molar-refractivity contribution in [1.82, 2.24) is 0 Å². The summed E-state index contributed by atoms with van der Waals surface area (Å²) in [6.45, 7) is 2.23. The van der Waals surface area contributed by atoms with E-state index in [0.717, 1.165) is 24.0 Å². The van der Waals surface area contributed by atoms with Crippen molar-refractivity contribution in [3.05, 3.63) is 47.0 Å². The van der Waals surface area contributed by atoms with E-state index >= 15 is 0 Å². The molecule has 0 unspecified atom stereocenters. The fourth-order valence-electron chi connectivity index (χ4n) is 4.09.